The average molecular weight is 375 g/mol. The Hall–Kier alpha value is -0.965. The Morgan fingerprint density at radius 2 is 1.47 bits per heavy atom. The van der Waals surface area contributed by atoms with Gasteiger partial charge >= 0.3 is 24.1 Å². The molecule has 0 spiro atoms. The van der Waals surface area contributed by atoms with E-state index in [1.54, 1.807) is 0 Å². The van der Waals surface area contributed by atoms with Crippen LogP contribution in [0.5, 0.6) is 0 Å². The van der Waals surface area contributed by atoms with Crippen LogP contribution < -0.4 is 0 Å². The van der Waals surface area contributed by atoms with Crippen LogP contribution in [0.15, 0.2) is 0 Å². The first-order valence-electron chi connectivity index (χ1n) is 3.78. The molecule has 1 radical (unpaired) electrons. The average Bonchev–Trinajstić information content (AvgIpc) is 1.98. The van der Waals surface area contributed by atoms with Crippen LogP contribution in [0.2, 0.25) is 0 Å². The Bertz CT molecular complexity index is 338. The van der Waals surface area contributed by atoms with Crippen molar-refractivity contribution in [2.45, 2.75) is 18.4 Å². The minimum absolute atomic E-state index is 0. The summed E-state index contributed by atoms with van der Waals surface area (Å²) in [6, 6.07) is 0. The van der Waals surface area contributed by atoms with Gasteiger partial charge in [0.25, 0.3) is 0 Å². The summed E-state index contributed by atoms with van der Waals surface area (Å²) < 4.78 is 3.54. The number of hydrogen-bond acceptors (Lipinski definition) is 6. The van der Waals surface area contributed by atoms with Gasteiger partial charge in [0.15, 0.2) is 5.60 Å². The van der Waals surface area contributed by atoms with E-state index in [1.807, 2.05) is 0 Å². The van der Waals surface area contributed by atoms with Crippen LogP contribution in [0.4, 0.5) is 4.79 Å². The van der Waals surface area contributed by atoms with Crippen molar-refractivity contribution < 1.29 is 79.9 Å². The summed E-state index contributed by atoms with van der Waals surface area (Å²) in [6.07, 6.45) is -4.51. The smallest absolute Gasteiger partial charge is 0.481 e. The van der Waals surface area contributed by atoms with Gasteiger partial charge in [-0.2, -0.15) is 0 Å². The molecule has 0 aliphatic rings. The molecule has 0 fully saturated rings. The molecular formula is C7H8LaO9. The molecule has 10 heteroatoms. The van der Waals surface area contributed by atoms with E-state index in [0.717, 1.165) is 0 Å². The Morgan fingerprint density at radius 1 is 1.00 bits per heavy atom. The molecule has 93 valence electrons. The summed E-state index contributed by atoms with van der Waals surface area (Å²) in [4.78, 5) is 41.4. The third kappa shape index (κ3) is 7.05. The standard InChI is InChI=1S/C7H8O9.La/c8-3(9)1-7(15,5(11)12)2-4(10)16-6(13)14;/h15H,1-2H2,(H,8,9)(H,11,12)(H,13,14);. The molecule has 0 heterocycles. The monoisotopic (exact) mass is 375 g/mol. The summed E-state index contributed by atoms with van der Waals surface area (Å²) in [6.45, 7) is 0. The van der Waals surface area contributed by atoms with Crippen LogP contribution in [0.25, 0.3) is 0 Å². The second-order valence-electron chi connectivity index (χ2n) is 2.82. The van der Waals surface area contributed by atoms with E-state index >= 15 is 0 Å². The van der Waals surface area contributed by atoms with E-state index < -0.39 is 42.5 Å². The molecular weight excluding hydrogens is 367 g/mol. The second-order valence-corrected chi connectivity index (χ2v) is 2.82. The van der Waals surface area contributed by atoms with Crippen LogP contribution in [0.1, 0.15) is 12.8 Å². The van der Waals surface area contributed by atoms with Crippen molar-refractivity contribution in [3.8, 4) is 0 Å². The first-order chi connectivity index (χ1) is 7.17. The van der Waals surface area contributed by atoms with Crippen molar-refractivity contribution in [1.82, 2.24) is 0 Å². The largest absolute Gasteiger partial charge is 0.513 e. The Kier molecular flexibility index (Phi) is 7.99. The normalized spacial score (nSPS) is 12.8. The van der Waals surface area contributed by atoms with Gasteiger partial charge in [0, 0.05) is 35.6 Å². The summed E-state index contributed by atoms with van der Waals surface area (Å²) in [7, 11) is 0. The van der Waals surface area contributed by atoms with Crippen molar-refractivity contribution in [3.05, 3.63) is 0 Å². The Labute approximate surface area is 122 Å². The van der Waals surface area contributed by atoms with Gasteiger partial charge in [-0.3, -0.25) is 9.59 Å². The fourth-order valence-electron chi connectivity index (χ4n) is 0.836. The number of hydrogen-bond donors (Lipinski definition) is 4. The second kappa shape index (κ2) is 7.38. The molecule has 0 aromatic rings. The molecule has 0 rings (SSSR count). The van der Waals surface area contributed by atoms with Crippen LogP contribution in [-0.4, -0.2) is 50.1 Å². The fourth-order valence-corrected chi connectivity index (χ4v) is 0.836. The number of rotatable bonds is 5. The predicted octanol–water partition coefficient (Wildman–Crippen LogP) is -1.11. The number of aliphatic carboxylic acids is 2. The number of carboxylic acid groups (broad SMARTS) is 3. The van der Waals surface area contributed by atoms with Crippen LogP contribution >= 0.6 is 0 Å². The first kappa shape index (κ1) is 18.4. The quantitative estimate of drug-likeness (QED) is 0.345. The van der Waals surface area contributed by atoms with Gasteiger partial charge in [-0.25, -0.2) is 9.59 Å². The van der Waals surface area contributed by atoms with Crippen molar-refractivity contribution >= 4 is 24.1 Å². The zero-order valence-corrected chi connectivity index (χ0v) is 11.9. The van der Waals surface area contributed by atoms with Crippen LogP contribution in [-0.2, 0) is 19.1 Å². The van der Waals surface area contributed by atoms with Gasteiger partial charge in [-0.05, 0) is 0 Å². The summed E-state index contributed by atoms with van der Waals surface area (Å²) in [5, 5.41) is 34.1. The molecule has 0 saturated carbocycles. The predicted molar refractivity (Wildman–Crippen MR) is 43.6 cm³/mol. The maximum atomic E-state index is 10.7. The van der Waals surface area contributed by atoms with Crippen molar-refractivity contribution in [2.75, 3.05) is 0 Å². The summed E-state index contributed by atoms with van der Waals surface area (Å²) in [5.41, 5.74) is -2.89. The Balaban J connectivity index is 0. The van der Waals surface area contributed by atoms with Gasteiger partial charge in [0.2, 0.25) is 0 Å². The molecule has 0 aliphatic carbocycles. The molecule has 0 aliphatic heterocycles. The van der Waals surface area contributed by atoms with Gasteiger partial charge in [-0.1, -0.05) is 0 Å². The minimum atomic E-state index is -2.89. The van der Waals surface area contributed by atoms with Crippen LogP contribution in [0, 0.1) is 35.6 Å². The van der Waals surface area contributed by atoms with Crippen molar-refractivity contribution in [3.63, 3.8) is 0 Å². The summed E-state index contributed by atoms with van der Waals surface area (Å²) >= 11 is 0. The molecule has 0 bridgehead atoms. The number of carboxylic acids is 2. The third-order valence-corrected chi connectivity index (χ3v) is 1.48. The molecule has 1 unspecified atom stereocenters. The van der Waals surface area contributed by atoms with Gasteiger partial charge < -0.3 is 25.2 Å². The van der Waals surface area contributed by atoms with Crippen LogP contribution in [0.3, 0.4) is 0 Å². The number of aliphatic hydroxyl groups is 1. The maximum absolute atomic E-state index is 10.7. The molecule has 0 saturated heterocycles. The van der Waals surface area contributed by atoms with Gasteiger partial charge in [0.05, 0.1) is 12.8 Å². The summed E-state index contributed by atoms with van der Waals surface area (Å²) in [5.74, 6) is -5.18. The maximum Gasteiger partial charge on any atom is 0.513 e. The first-order valence-corrected chi connectivity index (χ1v) is 3.78. The molecule has 0 aromatic heterocycles. The molecule has 17 heavy (non-hydrogen) atoms. The van der Waals surface area contributed by atoms with Gasteiger partial charge in [0.1, 0.15) is 0 Å². The topological polar surface area (TPSA) is 158 Å². The molecule has 9 nitrogen and oxygen atoms in total. The molecule has 0 aromatic carbocycles. The Morgan fingerprint density at radius 3 is 1.76 bits per heavy atom. The molecule has 1 atom stereocenters. The minimum Gasteiger partial charge on any atom is -0.481 e. The number of carbonyl (C=O) groups excluding carboxylic acids is 1. The van der Waals surface area contributed by atoms with Gasteiger partial charge in [-0.15, -0.1) is 0 Å². The van der Waals surface area contributed by atoms with E-state index in [-0.39, 0.29) is 35.6 Å². The fraction of sp³-hybridized carbons (Fsp3) is 0.429. The van der Waals surface area contributed by atoms with Crippen molar-refractivity contribution in [1.29, 1.82) is 0 Å². The number of carbonyl (C=O) groups is 4. The zero-order valence-electron chi connectivity index (χ0n) is 8.32. The molecule has 0 amide bonds. The van der Waals surface area contributed by atoms with Crippen molar-refractivity contribution in [2.24, 2.45) is 0 Å². The third-order valence-electron chi connectivity index (χ3n) is 1.48. The number of esters is 1. The molecule has 4 N–H and O–H groups in total. The van der Waals surface area contributed by atoms with E-state index in [2.05, 4.69) is 4.74 Å². The zero-order chi connectivity index (χ0) is 12.9. The number of ether oxygens (including phenoxy) is 1. The van der Waals surface area contributed by atoms with E-state index in [9.17, 15) is 24.3 Å². The van der Waals surface area contributed by atoms with E-state index in [4.69, 9.17) is 15.3 Å². The van der Waals surface area contributed by atoms with E-state index in [1.165, 1.54) is 0 Å². The van der Waals surface area contributed by atoms with E-state index in [0.29, 0.717) is 0 Å². The SMILES string of the molecule is O=C(O)CC(O)(CC(=O)OC(=O)O)C(=O)O.[La].